The lowest BCUT2D eigenvalue weighted by Crippen LogP contribution is -2.62. The molecule has 6 aromatic carbocycles. The Morgan fingerprint density at radius 1 is 0.606 bits per heavy atom. The molecule has 1 aromatic heterocycles. The molecule has 0 saturated heterocycles. The standard InChI is InChI=1S/C62H67BN2S/c1-15-39-33-50-55-51(34-39)65(48-25-22-41(32-38(48)3)58(4,5)6)57-54(43-31-37(2)21-26-52(43)66-57)63(55)47-24-23-44-53(62(13,14)30-29-59(44,7)8)56(47)64(50)49-36-46-45(60(9,10)27-28-61(46,11)12)35-42(49)40-19-17-16-18-20-40/h15-26,31-36H,1,27-30H2,2-14H3. The maximum atomic E-state index is 4.51. The first kappa shape index (κ1) is 43.3. The summed E-state index contributed by atoms with van der Waals surface area (Å²) in [6.07, 6.45) is 6.70. The summed E-state index contributed by atoms with van der Waals surface area (Å²) < 4.78 is 1.34. The summed E-state index contributed by atoms with van der Waals surface area (Å²) in [5.41, 5.74) is 24.3. The van der Waals surface area contributed by atoms with Crippen molar-refractivity contribution in [3.05, 3.63) is 154 Å². The Balaban J connectivity index is 1.34. The topological polar surface area (TPSA) is 6.48 Å². The molecule has 2 nitrogen and oxygen atoms in total. The Labute approximate surface area is 399 Å². The van der Waals surface area contributed by atoms with Crippen molar-refractivity contribution >= 4 is 84.0 Å². The Bertz CT molecular complexity index is 3190. The molecule has 66 heavy (non-hydrogen) atoms. The number of rotatable bonds is 4. The molecule has 3 heterocycles. The number of aryl methyl sites for hydroxylation is 2. The predicted octanol–water partition coefficient (Wildman–Crippen LogP) is 15.9. The van der Waals surface area contributed by atoms with E-state index in [2.05, 4.69) is 216 Å². The SMILES string of the molecule is C=Cc1cc2c3c(c1)N(c1cc4c(cc1-c1ccccc1)C(C)(C)CCC4(C)C)c1c(ccc4c1C(C)(C)CCC4(C)C)B3c1c(sc3ccc(C)cc13)N2c1ccc(C(C)(C)C)cc1C. The van der Waals surface area contributed by atoms with Crippen LogP contribution in [0.25, 0.3) is 27.3 Å². The molecule has 0 fully saturated rings. The quantitative estimate of drug-likeness (QED) is 0.163. The third-order valence-electron chi connectivity index (χ3n) is 16.6. The second kappa shape index (κ2) is 14.3. The largest absolute Gasteiger partial charge is 0.310 e. The van der Waals surface area contributed by atoms with Gasteiger partial charge in [-0.2, -0.15) is 0 Å². The van der Waals surface area contributed by atoms with Crippen molar-refractivity contribution in [1.82, 2.24) is 0 Å². The number of anilines is 6. The first-order valence-corrected chi connectivity index (χ1v) is 25.4. The van der Waals surface area contributed by atoms with E-state index in [0.29, 0.717) is 0 Å². The second-order valence-corrected chi connectivity index (χ2v) is 25.1. The van der Waals surface area contributed by atoms with Gasteiger partial charge in [-0.3, -0.25) is 0 Å². The lowest BCUT2D eigenvalue weighted by Gasteiger charge is -2.50. The van der Waals surface area contributed by atoms with Gasteiger partial charge in [-0.05, 0) is 169 Å². The van der Waals surface area contributed by atoms with Crippen molar-refractivity contribution < 1.29 is 0 Å². The van der Waals surface area contributed by atoms with Crippen molar-refractivity contribution in [2.75, 3.05) is 9.80 Å². The zero-order chi connectivity index (χ0) is 46.6. The molecule has 11 rings (SSSR count). The van der Waals surface area contributed by atoms with Crippen LogP contribution in [0.1, 0.15) is 146 Å². The van der Waals surface area contributed by atoms with Crippen molar-refractivity contribution in [3.63, 3.8) is 0 Å². The van der Waals surface area contributed by atoms with E-state index >= 15 is 0 Å². The molecule has 334 valence electrons. The molecular weight excluding hydrogens is 816 g/mol. The highest BCUT2D eigenvalue weighted by molar-refractivity contribution is 7.26. The maximum absolute atomic E-state index is 4.51. The van der Waals surface area contributed by atoms with E-state index in [-0.39, 0.29) is 33.8 Å². The van der Waals surface area contributed by atoms with Crippen LogP contribution in [0.15, 0.2) is 110 Å². The number of hydrogen-bond acceptors (Lipinski definition) is 3. The first-order valence-electron chi connectivity index (χ1n) is 24.6. The molecule has 0 bridgehead atoms. The summed E-state index contributed by atoms with van der Waals surface area (Å²) in [7, 11) is 0. The van der Waals surface area contributed by atoms with Gasteiger partial charge < -0.3 is 9.80 Å². The van der Waals surface area contributed by atoms with Crippen molar-refractivity contribution in [3.8, 4) is 11.1 Å². The van der Waals surface area contributed by atoms with Crippen LogP contribution in [-0.4, -0.2) is 6.71 Å². The van der Waals surface area contributed by atoms with E-state index in [4.69, 9.17) is 0 Å². The Kier molecular flexibility index (Phi) is 9.41. The normalized spacial score (nSPS) is 18.3. The fraction of sp³-hybridized carbons (Fsp3) is 0.355. The van der Waals surface area contributed by atoms with Crippen LogP contribution < -0.4 is 26.2 Å². The van der Waals surface area contributed by atoms with Crippen LogP contribution in [-0.2, 0) is 27.1 Å². The predicted molar refractivity (Wildman–Crippen MR) is 290 cm³/mol. The summed E-state index contributed by atoms with van der Waals surface area (Å²) >= 11 is 1.96. The van der Waals surface area contributed by atoms with Gasteiger partial charge in [0.25, 0.3) is 6.71 Å². The van der Waals surface area contributed by atoms with Gasteiger partial charge in [0.15, 0.2) is 0 Å². The van der Waals surface area contributed by atoms with E-state index in [0.717, 1.165) is 24.8 Å². The summed E-state index contributed by atoms with van der Waals surface area (Å²) in [6, 6.07) is 40.9. The second-order valence-electron chi connectivity index (χ2n) is 24.1. The lowest BCUT2D eigenvalue weighted by atomic mass is 9.33. The van der Waals surface area contributed by atoms with Gasteiger partial charge in [0.1, 0.15) is 0 Å². The van der Waals surface area contributed by atoms with Gasteiger partial charge in [-0.1, -0.05) is 161 Å². The summed E-state index contributed by atoms with van der Waals surface area (Å²) in [6.45, 7) is 36.0. The molecule has 0 spiro atoms. The van der Waals surface area contributed by atoms with Gasteiger partial charge in [-0.15, -0.1) is 11.3 Å². The molecule has 2 aliphatic heterocycles. The average Bonchev–Trinajstić information content (AvgIpc) is 3.64. The van der Waals surface area contributed by atoms with Gasteiger partial charge in [0, 0.05) is 33.0 Å². The van der Waals surface area contributed by atoms with Crippen molar-refractivity contribution in [2.45, 2.75) is 143 Å². The number of benzene rings is 6. The highest BCUT2D eigenvalue weighted by Crippen LogP contribution is 2.57. The highest BCUT2D eigenvalue weighted by Gasteiger charge is 2.50. The van der Waals surface area contributed by atoms with Gasteiger partial charge in [-0.25, -0.2) is 0 Å². The van der Waals surface area contributed by atoms with E-state index in [1.165, 1.54) is 116 Å². The Morgan fingerprint density at radius 3 is 1.89 bits per heavy atom. The summed E-state index contributed by atoms with van der Waals surface area (Å²) in [5, 5.41) is 2.70. The minimum Gasteiger partial charge on any atom is -0.310 e. The number of fused-ring (bicyclic) bond motifs is 9. The number of nitrogens with zero attached hydrogens (tertiary/aromatic N) is 2. The molecule has 2 aliphatic carbocycles. The van der Waals surface area contributed by atoms with E-state index < -0.39 is 0 Å². The van der Waals surface area contributed by atoms with E-state index in [1.807, 2.05) is 11.3 Å². The van der Waals surface area contributed by atoms with Crippen LogP contribution in [0.4, 0.5) is 33.4 Å². The Hall–Kier alpha value is -5.32. The molecule has 4 heteroatoms. The van der Waals surface area contributed by atoms with E-state index in [1.54, 1.807) is 0 Å². The Morgan fingerprint density at radius 2 is 1.24 bits per heavy atom. The van der Waals surface area contributed by atoms with Crippen LogP contribution >= 0.6 is 11.3 Å². The fourth-order valence-corrected chi connectivity index (χ4v) is 13.7. The maximum Gasteiger partial charge on any atom is 0.254 e. The van der Waals surface area contributed by atoms with Crippen LogP contribution in [0.5, 0.6) is 0 Å². The third kappa shape index (κ3) is 6.33. The molecule has 0 unspecified atom stereocenters. The monoisotopic (exact) mass is 883 g/mol. The smallest absolute Gasteiger partial charge is 0.254 e. The highest BCUT2D eigenvalue weighted by atomic mass is 32.1. The van der Waals surface area contributed by atoms with Crippen molar-refractivity contribution in [1.29, 1.82) is 0 Å². The molecule has 0 atom stereocenters. The molecule has 0 radical (unpaired) electrons. The van der Waals surface area contributed by atoms with Gasteiger partial charge >= 0.3 is 0 Å². The summed E-state index contributed by atoms with van der Waals surface area (Å²) in [5.74, 6) is 0. The third-order valence-corrected chi connectivity index (χ3v) is 17.8. The van der Waals surface area contributed by atoms with Gasteiger partial charge in [0.05, 0.1) is 10.7 Å². The first-order chi connectivity index (χ1) is 31.1. The molecule has 4 aliphatic rings. The van der Waals surface area contributed by atoms with Crippen LogP contribution in [0.3, 0.4) is 0 Å². The fourth-order valence-electron chi connectivity index (χ4n) is 12.5. The summed E-state index contributed by atoms with van der Waals surface area (Å²) in [4.78, 5) is 5.43. The molecule has 0 saturated carbocycles. The van der Waals surface area contributed by atoms with Crippen LogP contribution in [0.2, 0.25) is 0 Å². The molecule has 0 N–H and O–H groups in total. The molecule has 0 amide bonds. The number of hydrogen-bond donors (Lipinski definition) is 0. The zero-order valence-corrected chi connectivity index (χ0v) is 42.6. The van der Waals surface area contributed by atoms with Gasteiger partial charge in [0.2, 0.25) is 0 Å². The van der Waals surface area contributed by atoms with Crippen molar-refractivity contribution in [2.24, 2.45) is 0 Å². The lowest BCUT2D eigenvalue weighted by molar-refractivity contribution is 0.332. The zero-order valence-electron chi connectivity index (χ0n) is 41.8. The minimum atomic E-state index is -0.0596. The van der Waals surface area contributed by atoms with Crippen LogP contribution in [0, 0.1) is 13.8 Å². The van der Waals surface area contributed by atoms with E-state index in [9.17, 15) is 0 Å². The number of thiophene rings is 1. The average molecular weight is 883 g/mol. The molecular formula is C62H67BN2S. The molecule has 7 aromatic rings. The minimum absolute atomic E-state index is 0.0195.